The molecule has 2 aromatic carbocycles. The second-order valence-corrected chi connectivity index (χ2v) is 4.54. The summed E-state index contributed by atoms with van der Waals surface area (Å²) in [5.41, 5.74) is 1.02. The van der Waals surface area contributed by atoms with Crippen molar-refractivity contribution in [3.8, 4) is 0 Å². The van der Waals surface area contributed by atoms with Gasteiger partial charge in [0.2, 0.25) is 0 Å². The lowest BCUT2D eigenvalue weighted by Gasteiger charge is -2.27. The SMILES string of the molecule is CCN(c1ccccc1F)c1cccc(F)c1[C@H](C)O. The van der Waals surface area contributed by atoms with Crippen LogP contribution in [-0.2, 0) is 0 Å². The van der Waals surface area contributed by atoms with Gasteiger partial charge in [-0.1, -0.05) is 18.2 Å². The number of aliphatic hydroxyl groups is 1. The molecule has 0 radical (unpaired) electrons. The van der Waals surface area contributed by atoms with Crippen LogP contribution in [0.25, 0.3) is 0 Å². The van der Waals surface area contributed by atoms with Crippen LogP contribution in [0.15, 0.2) is 42.5 Å². The molecule has 0 aliphatic heterocycles. The Labute approximate surface area is 117 Å². The number of aliphatic hydroxyl groups excluding tert-OH is 1. The zero-order valence-electron chi connectivity index (χ0n) is 11.5. The Bertz CT molecular complexity index is 599. The van der Waals surface area contributed by atoms with Crippen molar-refractivity contribution in [1.82, 2.24) is 0 Å². The molecule has 1 N–H and O–H groups in total. The first-order chi connectivity index (χ1) is 9.56. The van der Waals surface area contributed by atoms with Crippen molar-refractivity contribution in [2.45, 2.75) is 20.0 Å². The zero-order valence-corrected chi connectivity index (χ0v) is 11.5. The fourth-order valence-electron chi connectivity index (χ4n) is 2.32. The Morgan fingerprint density at radius 1 is 1.00 bits per heavy atom. The molecule has 2 nitrogen and oxygen atoms in total. The van der Waals surface area contributed by atoms with E-state index in [1.165, 1.54) is 19.1 Å². The third-order valence-electron chi connectivity index (χ3n) is 3.20. The van der Waals surface area contributed by atoms with Crippen molar-refractivity contribution in [1.29, 1.82) is 0 Å². The highest BCUT2D eigenvalue weighted by Gasteiger charge is 2.20. The zero-order chi connectivity index (χ0) is 14.7. The number of para-hydroxylation sites is 1. The van der Waals surface area contributed by atoms with Gasteiger partial charge in [0.15, 0.2) is 0 Å². The summed E-state index contributed by atoms with van der Waals surface area (Å²) in [5.74, 6) is -0.873. The van der Waals surface area contributed by atoms with Crippen LogP contribution in [0, 0.1) is 11.6 Å². The third-order valence-corrected chi connectivity index (χ3v) is 3.20. The smallest absolute Gasteiger partial charge is 0.146 e. The van der Waals surface area contributed by atoms with Gasteiger partial charge in [0.25, 0.3) is 0 Å². The first-order valence-corrected chi connectivity index (χ1v) is 6.54. The van der Waals surface area contributed by atoms with Gasteiger partial charge >= 0.3 is 0 Å². The second-order valence-electron chi connectivity index (χ2n) is 4.54. The summed E-state index contributed by atoms with van der Waals surface area (Å²) in [6.07, 6.45) is -0.966. The largest absolute Gasteiger partial charge is 0.389 e. The first kappa shape index (κ1) is 14.5. The van der Waals surface area contributed by atoms with Crippen LogP contribution >= 0.6 is 0 Å². The summed E-state index contributed by atoms with van der Waals surface area (Å²) >= 11 is 0. The number of hydrogen-bond acceptors (Lipinski definition) is 2. The highest BCUT2D eigenvalue weighted by Crippen LogP contribution is 2.34. The Kier molecular flexibility index (Phi) is 4.35. The molecule has 0 saturated heterocycles. The molecule has 0 aromatic heterocycles. The van der Waals surface area contributed by atoms with E-state index in [-0.39, 0.29) is 11.4 Å². The summed E-state index contributed by atoms with van der Waals surface area (Å²) < 4.78 is 27.9. The predicted molar refractivity (Wildman–Crippen MR) is 76.1 cm³/mol. The van der Waals surface area contributed by atoms with E-state index in [0.717, 1.165) is 0 Å². The van der Waals surface area contributed by atoms with Gasteiger partial charge in [0.05, 0.1) is 11.8 Å². The molecule has 0 unspecified atom stereocenters. The molecular formula is C16H17F2NO. The topological polar surface area (TPSA) is 23.5 Å². The van der Waals surface area contributed by atoms with Gasteiger partial charge in [0.1, 0.15) is 11.6 Å². The van der Waals surface area contributed by atoms with Crippen LogP contribution in [0.4, 0.5) is 20.2 Å². The van der Waals surface area contributed by atoms with Gasteiger partial charge < -0.3 is 10.0 Å². The normalized spacial score (nSPS) is 12.2. The van der Waals surface area contributed by atoms with Crippen molar-refractivity contribution in [3.05, 3.63) is 59.7 Å². The van der Waals surface area contributed by atoms with Gasteiger partial charge in [-0.15, -0.1) is 0 Å². The van der Waals surface area contributed by atoms with Crippen molar-refractivity contribution in [2.24, 2.45) is 0 Å². The van der Waals surface area contributed by atoms with Crippen LogP contribution in [0.2, 0.25) is 0 Å². The molecule has 0 saturated carbocycles. The Morgan fingerprint density at radius 2 is 1.60 bits per heavy atom. The van der Waals surface area contributed by atoms with E-state index in [1.54, 1.807) is 35.2 Å². The molecule has 0 heterocycles. The lowest BCUT2D eigenvalue weighted by molar-refractivity contribution is 0.194. The molecule has 2 aromatic rings. The van der Waals surface area contributed by atoms with Gasteiger partial charge in [-0.3, -0.25) is 0 Å². The molecule has 0 bridgehead atoms. The van der Waals surface area contributed by atoms with E-state index in [9.17, 15) is 13.9 Å². The summed E-state index contributed by atoms with van der Waals surface area (Å²) in [6, 6.07) is 10.9. The van der Waals surface area contributed by atoms with Gasteiger partial charge in [-0.2, -0.15) is 0 Å². The summed E-state index contributed by atoms with van der Waals surface area (Å²) in [7, 11) is 0. The number of hydrogen-bond donors (Lipinski definition) is 1. The monoisotopic (exact) mass is 277 g/mol. The van der Waals surface area contributed by atoms with E-state index < -0.39 is 11.9 Å². The molecule has 0 amide bonds. The van der Waals surface area contributed by atoms with E-state index >= 15 is 0 Å². The fraction of sp³-hybridized carbons (Fsp3) is 0.250. The van der Waals surface area contributed by atoms with Gasteiger partial charge in [0, 0.05) is 17.8 Å². The van der Waals surface area contributed by atoms with Crippen LogP contribution in [0.5, 0.6) is 0 Å². The molecule has 2 rings (SSSR count). The summed E-state index contributed by atoms with van der Waals surface area (Å²) in [6.45, 7) is 3.81. The average Bonchev–Trinajstić information content (AvgIpc) is 2.41. The minimum atomic E-state index is -0.966. The van der Waals surface area contributed by atoms with Gasteiger partial charge in [-0.25, -0.2) is 8.78 Å². The van der Waals surface area contributed by atoms with E-state index in [4.69, 9.17) is 0 Å². The maximum absolute atomic E-state index is 13.9. The number of rotatable bonds is 4. The van der Waals surface area contributed by atoms with E-state index in [1.807, 2.05) is 6.92 Å². The Hall–Kier alpha value is -1.94. The Balaban J connectivity index is 2.59. The number of anilines is 2. The highest BCUT2D eigenvalue weighted by atomic mass is 19.1. The minimum Gasteiger partial charge on any atom is -0.389 e. The highest BCUT2D eigenvalue weighted by molar-refractivity contribution is 5.67. The number of nitrogens with zero attached hydrogens (tertiary/aromatic N) is 1. The molecule has 0 aliphatic carbocycles. The standard InChI is InChI=1S/C16H17F2NO/c1-3-19(14-9-5-4-7-12(14)17)15-10-6-8-13(18)16(15)11(2)20/h4-11,20H,3H2,1-2H3/t11-/m0/s1. The van der Waals surface area contributed by atoms with Crippen molar-refractivity contribution >= 4 is 11.4 Å². The first-order valence-electron chi connectivity index (χ1n) is 6.54. The molecule has 106 valence electrons. The van der Waals surface area contributed by atoms with E-state index in [0.29, 0.717) is 17.9 Å². The average molecular weight is 277 g/mol. The maximum Gasteiger partial charge on any atom is 0.146 e. The second kappa shape index (κ2) is 6.01. The van der Waals surface area contributed by atoms with Crippen molar-refractivity contribution < 1.29 is 13.9 Å². The lowest BCUT2D eigenvalue weighted by atomic mass is 10.1. The van der Waals surface area contributed by atoms with E-state index in [2.05, 4.69) is 0 Å². The lowest BCUT2D eigenvalue weighted by Crippen LogP contribution is -2.20. The number of halogens is 2. The number of benzene rings is 2. The maximum atomic E-state index is 13.9. The molecule has 1 atom stereocenters. The molecular weight excluding hydrogens is 260 g/mol. The van der Waals surface area contributed by atoms with Crippen molar-refractivity contribution in [2.75, 3.05) is 11.4 Å². The molecule has 0 spiro atoms. The summed E-state index contributed by atoms with van der Waals surface area (Å²) in [5, 5.41) is 9.79. The van der Waals surface area contributed by atoms with Crippen LogP contribution < -0.4 is 4.90 Å². The molecule has 0 aliphatic rings. The quantitative estimate of drug-likeness (QED) is 0.906. The molecule has 0 fully saturated rings. The fourth-order valence-corrected chi connectivity index (χ4v) is 2.32. The molecule has 4 heteroatoms. The van der Waals surface area contributed by atoms with Crippen LogP contribution in [0.1, 0.15) is 25.5 Å². The van der Waals surface area contributed by atoms with Crippen molar-refractivity contribution in [3.63, 3.8) is 0 Å². The van der Waals surface area contributed by atoms with Gasteiger partial charge in [-0.05, 0) is 38.1 Å². The van der Waals surface area contributed by atoms with Crippen LogP contribution in [-0.4, -0.2) is 11.7 Å². The summed E-state index contributed by atoms with van der Waals surface area (Å²) in [4.78, 5) is 1.65. The third kappa shape index (κ3) is 2.65. The predicted octanol–water partition coefficient (Wildman–Crippen LogP) is 4.18. The van der Waals surface area contributed by atoms with Crippen LogP contribution in [0.3, 0.4) is 0 Å². The minimum absolute atomic E-state index is 0.178. The Morgan fingerprint density at radius 3 is 2.20 bits per heavy atom. The molecule has 20 heavy (non-hydrogen) atoms.